The van der Waals surface area contributed by atoms with Gasteiger partial charge in [-0.05, 0) is 49.1 Å². The van der Waals surface area contributed by atoms with Gasteiger partial charge in [-0.25, -0.2) is 4.39 Å². The molecule has 1 heterocycles. The number of rotatable bonds is 7. The minimum absolute atomic E-state index is 0.00574. The Morgan fingerprint density at radius 2 is 1.87 bits per heavy atom. The molecule has 0 saturated heterocycles. The molecule has 0 radical (unpaired) electrons. The van der Waals surface area contributed by atoms with Gasteiger partial charge in [-0.15, -0.1) is 0 Å². The molecule has 0 unspecified atom stereocenters. The molecule has 2 N–H and O–H groups in total. The van der Waals surface area contributed by atoms with Crippen molar-refractivity contribution in [2.24, 2.45) is 0 Å². The lowest BCUT2D eigenvalue weighted by Crippen LogP contribution is -2.48. The van der Waals surface area contributed by atoms with E-state index in [9.17, 15) is 14.3 Å². The second kappa shape index (κ2) is 8.86. The predicted octanol–water partition coefficient (Wildman–Crippen LogP) is 4.48. The standard InChI is InChI=1S/C25H31FN2O2/c1-2-15-27-17-22(29)23(18-9-5-3-6-10-18)28-21-16-19(26)11-12-20(21)25(24(28)30)13-7-4-8-14-25/h3,5-6,9-12,16,22-23,27,29H,2,4,7-8,13-15,17H2,1H3/t22-,23+/m1/s1. The van der Waals surface area contributed by atoms with Crippen molar-refractivity contribution in [3.8, 4) is 0 Å². The van der Waals surface area contributed by atoms with E-state index < -0.39 is 17.6 Å². The number of carbonyl (C=O) groups excluding carboxylic acids is 1. The first-order chi connectivity index (χ1) is 14.6. The number of aliphatic hydroxyl groups is 1. The van der Waals surface area contributed by atoms with Crippen LogP contribution in [0.2, 0.25) is 0 Å². The van der Waals surface area contributed by atoms with Crippen molar-refractivity contribution in [1.82, 2.24) is 5.32 Å². The Balaban J connectivity index is 1.80. The van der Waals surface area contributed by atoms with Crippen molar-refractivity contribution in [3.05, 3.63) is 65.5 Å². The molecule has 1 amide bonds. The van der Waals surface area contributed by atoms with Gasteiger partial charge in [-0.1, -0.05) is 62.6 Å². The molecule has 1 saturated carbocycles. The zero-order valence-corrected chi connectivity index (χ0v) is 17.6. The summed E-state index contributed by atoms with van der Waals surface area (Å²) < 4.78 is 14.3. The van der Waals surface area contributed by atoms with Gasteiger partial charge in [0.25, 0.3) is 0 Å². The molecule has 2 aromatic carbocycles. The average Bonchev–Trinajstić information content (AvgIpc) is 2.98. The van der Waals surface area contributed by atoms with Crippen LogP contribution in [0.3, 0.4) is 0 Å². The largest absolute Gasteiger partial charge is 0.389 e. The smallest absolute Gasteiger partial charge is 0.238 e. The minimum Gasteiger partial charge on any atom is -0.389 e. The van der Waals surface area contributed by atoms with Gasteiger partial charge in [-0.3, -0.25) is 4.79 Å². The first-order valence-electron chi connectivity index (χ1n) is 11.2. The summed E-state index contributed by atoms with van der Waals surface area (Å²) in [6.45, 7) is 3.24. The third-order valence-corrected chi connectivity index (χ3v) is 6.63. The van der Waals surface area contributed by atoms with Crippen LogP contribution in [-0.2, 0) is 10.2 Å². The fraction of sp³-hybridized carbons (Fsp3) is 0.480. The summed E-state index contributed by atoms with van der Waals surface area (Å²) in [7, 11) is 0. The van der Waals surface area contributed by atoms with Gasteiger partial charge in [0.1, 0.15) is 5.82 Å². The van der Waals surface area contributed by atoms with Crippen LogP contribution in [0.1, 0.15) is 62.6 Å². The molecule has 160 valence electrons. The Kier molecular flexibility index (Phi) is 6.21. The first-order valence-corrected chi connectivity index (χ1v) is 11.2. The van der Waals surface area contributed by atoms with Crippen molar-refractivity contribution in [2.45, 2.75) is 63.0 Å². The van der Waals surface area contributed by atoms with E-state index in [0.29, 0.717) is 12.2 Å². The lowest BCUT2D eigenvalue weighted by atomic mass is 9.70. The van der Waals surface area contributed by atoms with Gasteiger partial charge in [-0.2, -0.15) is 0 Å². The number of nitrogens with zero attached hydrogens (tertiary/aromatic N) is 1. The van der Waals surface area contributed by atoms with E-state index >= 15 is 0 Å². The molecular formula is C25H31FN2O2. The molecule has 1 spiro atoms. The summed E-state index contributed by atoms with van der Waals surface area (Å²) >= 11 is 0. The van der Waals surface area contributed by atoms with E-state index in [4.69, 9.17) is 0 Å². The summed E-state index contributed by atoms with van der Waals surface area (Å²) in [6, 6.07) is 13.8. The minimum atomic E-state index is -0.808. The van der Waals surface area contributed by atoms with Crippen molar-refractivity contribution >= 4 is 11.6 Å². The van der Waals surface area contributed by atoms with Crippen LogP contribution in [0, 0.1) is 5.82 Å². The van der Waals surface area contributed by atoms with Crippen molar-refractivity contribution < 1.29 is 14.3 Å². The first kappa shape index (κ1) is 21.0. The van der Waals surface area contributed by atoms with Gasteiger partial charge in [0.2, 0.25) is 5.91 Å². The Labute approximate surface area is 178 Å². The number of benzene rings is 2. The third kappa shape index (κ3) is 3.65. The fourth-order valence-corrected chi connectivity index (χ4v) is 5.21. The van der Waals surface area contributed by atoms with E-state index in [-0.39, 0.29) is 11.7 Å². The summed E-state index contributed by atoms with van der Waals surface area (Å²) in [5, 5.41) is 14.5. The van der Waals surface area contributed by atoms with Crippen LogP contribution in [-0.4, -0.2) is 30.2 Å². The molecule has 1 fully saturated rings. The van der Waals surface area contributed by atoms with E-state index in [2.05, 4.69) is 12.2 Å². The molecule has 1 aliphatic heterocycles. The van der Waals surface area contributed by atoms with Gasteiger partial charge in [0.15, 0.2) is 0 Å². The van der Waals surface area contributed by atoms with Crippen LogP contribution in [0.25, 0.3) is 0 Å². The maximum Gasteiger partial charge on any atom is 0.238 e. The van der Waals surface area contributed by atoms with E-state index in [1.165, 1.54) is 12.1 Å². The number of anilines is 1. The van der Waals surface area contributed by atoms with Crippen molar-refractivity contribution in [1.29, 1.82) is 0 Å². The molecule has 0 aromatic heterocycles. The molecule has 0 bridgehead atoms. The molecule has 30 heavy (non-hydrogen) atoms. The second-order valence-electron chi connectivity index (χ2n) is 8.61. The SMILES string of the molecule is CCCNC[C@@H](O)[C@H](c1ccccc1)N1C(=O)C2(CCCCC2)c2ccc(F)cc21. The molecule has 2 aromatic rings. The van der Waals surface area contributed by atoms with Crippen molar-refractivity contribution in [2.75, 3.05) is 18.0 Å². The fourth-order valence-electron chi connectivity index (χ4n) is 5.21. The molecule has 4 nitrogen and oxygen atoms in total. The number of carbonyl (C=O) groups is 1. The quantitative estimate of drug-likeness (QED) is 0.662. The van der Waals surface area contributed by atoms with Gasteiger partial charge in [0, 0.05) is 6.54 Å². The van der Waals surface area contributed by atoms with Crippen LogP contribution in [0.4, 0.5) is 10.1 Å². The number of hydrogen-bond donors (Lipinski definition) is 2. The average molecular weight is 411 g/mol. The number of hydrogen-bond acceptors (Lipinski definition) is 3. The Hall–Kier alpha value is -2.24. The highest BCUT2D eigenvalue weighted by Crippen LogP contribution is 2.52. The monoisotopic (exact) mass is 410 g/mol. The Morgan fingerprint density at radius 1 is 1.13 bits per heavy atom. The van der Waals surface area contributed by atoms with Gasteiger partial charge < -0.3 is 15.3 Å². The van der Waals surface area contributed by atoms with Crippen LogP contribution >= 0.6 is 0 Å². The lowest BCUT2D eigenvalue weighted by Gasteiger charge is -2.36. The maximum absolute atomic E-state index is 14.3. The zero-order valence-electron chi connectivity index (χ0n) is 17.6. The molecule has 1 aliphatic carbocycles. The predicted molar refractivity (Wildman–Crippen MR) is 117 cm³/mol. The van der Waals surface area contributed by atoms with Crippen LogP contribution in [0.15, 0.2) is 48.5 Å². The van der Waals surface area contributed by atoms with Crippen LogP contribution in [0.5, 0.6) is 0 Å². The number of fused-ring (bicyclic) bond motifs is 2. The summed E-state index contributed by atoms with van der Waals surface area (Å²) in [4.78, 5) is 15.7. The molecule has 4 rings (SSSR count). The van der Waals surface area contributed by atoms with Crippen molar-refractivity contribution in [3.63, 3.8) is 0 Å². The lowest BCUT2D eigenvalue weighted by molar-refractivity contribution is -0.125. The topological polar surface area (TPSA) is 52.6 Å². The normalized spacial score (nSPS) is 19.7. The summed E-state index contributed by atoms with van der Waals surface area (Å²) in [5.74, 6) is -0.351. The summed E-state index contributed by atoms with van der Waals surface area (Å²) in [5.41, 5.74) is 1.80. The molecule has 2 aliphatic rings. The second-order valence-corrected chi connectivity index (χ2v) is 8.61. The van der Waals surface area contributed by atoms with Gasteiger partial charge in [0.05, 0.1) is 23.2 Å². The Morgan fingerprint density at radius 3 is 2.57 bits per heavy atom. The Bertz CT molecular complexity index is 880. The maximum atomic E-state index is 14.3. The van der Waals surface area contributed by atoms with E-state index in [1.54, 1.807) is 11.0 Å². The molecular weight excluding hydrogens is 379 g/mol. The number of aliphatic hydroxyl groups excluding tert-OH is 1. The zero-order chi connectivity index (χ0) is 21.1. The number of amides is 1. The highest BCUT2D eigenvalue weighted by molar-refractivity contribution is 6.08. The van der Waals surface area contributed by atoms with Gasteiger partial charge >= 0.3 is 0 Å². The number of halogens is 1. The third-order valence-electron chi connectivity index (χ3n) is 6.63. The highest BCUT2D eigenvalue weighted by Gasteiger charge is 2.53. The molecule has 5 heteroatoms. The van der Waals surface area contributed by atoms with Crippen LogP contribution < -0.4 is 10.2 Å². The highest BCUT2D eigenvalue weighted by atomic mass is 19.1. The van der Waals surface area contributed by atoms with E-state index in [1.807, 2.05) is 30.3 Å². The van der Waals surface area contributed by atoms with E-state index in [0.717, 1.165) is 56.2 Å². The molecule has 2 atom stereocenters. The summed E-state index contributed by atoms with van der Waals surface area (Å²) in [6.07, 6.45) is 4.83. The number of nitrogens with one attached hydrogen (secondary N) is 1.